The molecule has 0 fully saturated rings. The Balaban J connectivity index is 0.000000292. The number of nitrogens with zero attached hydrogens (tertiary/aromatic N) is 3. The van der Waals surface area contributed by atoms with Crippen LogP contribution < -0.4 is 15.8 Å². The lowest BCUT2D eigenvalue weighted by Crippen LogP contribution is -2.23. The number of carbonyl (C=O) groups is 2. The van der Waals surface area contributed by atoms with Crippen LogP contribution in [-0.2, 0) is 19.4 Å². The van der Waals surface area contributed by atoms with Gasteiger partial charge in [0, 0.05) is 48.6 Å². The number of carbonyl (C=O) groups excluding carboxylic acids is 2. The molecule has 4 aromatic heterocycles. The van der Waals surface area contributed by atoms with Crippen molar-refractivity contribution < 1.29 is 19.4 Å². The number of primary amides is 1. The SMILES string of the molecule is NC(=O)c1c(-c2ccsc2)nc2c(C(=O)NCc3ccc4c(c3)OCC4)cccn12.OCCCc1cnc[nH]1. The molecule has 5 heterocycles. The number of thiophene rings is 1. The molecule has 0 radical (unpaired) electrons. The summed E-state index contributed by atoms with van der Waals surface area (Å²) in [6.07, 6.45) is 7.71. The number of aliphatic hydroxyl groups is 1. The molecular formula is C28H28N6O4S. The summed E-state index contributed by atoms with van der Waals surface area (Å²) in [7, 11) is 0. The molecule has 2 amide bonds. The van der Waals surface area contributed by atoms with E-state index in [1.165, 1.54) is 16.9 Å². The predicted molar refractivity (Wildman–Crippen MR) is 148 cm³/mol. The van der Waals surface area contributed by atoms with Crippen molar-refractivity contribution in [3.63, 3.8) is 0 Å². The molecule has 5 aromatic rings. The van der Waals surface area contributed by atoms with Gasteiger partial charge in [-0.15, -0.1) is 0 Å². The number of nitrogens with one attached hydrogen (secondary N) is 2. The summed E-state index contributed by atoms with van der Waals surface area (Å²) in [5.74, 6) is 0.00270. The highest BCUT2D eigenvalue weighted by atomic mass is 32.1. The van der Waals surface area contributed by atoms with Crippen molar-refractivity contribution in [2.75, 3.05) is 13.2 Å². The maximum atomic E-state index is 12.9. The lowest BCUT2D eigenvalue weighted by atomic mass is 10.1. The van der Waals surface area contributed by atoms with Crippen molar-refractivity contribution in [2.24, 2.45) is 5.73 Å². The summed E-state index contributed by atoms with van der Waals surface area (Å²) in [6, 6.07) is 11.2. The van der Waals surface area contributed by atoms with E-state index in [2.05, 4.69) is 20.3 Å². The van der Waals surface area contributed by atoms with E-state index in [4.69, 9.17) is 15.6 Å². The van der Waals surface area contributed by atoms with E-state index in [1.54, 1.807) is 35.3 Å². The largest absolute Gasteiger partial charge is 0.493 e. The van der Waals surface area contributed by atoms with E-state index in [-0.39, 0.29) is 18.2 Å². The highest BCUT2D eigenvalue weighted by molar-refractivity contribution is 7.08. The third kappa shape index (κ3) is 5.84. The topological polar surface area (TPSA) is 148 Å². The zero-order valence-corrected chi connectivity index (χ0v) is 21.9. The zero-order chi connectivity index (χ0) is 27.2. The molecule has 0 unspecified atom stereocenters. The van der Waals surface area contributed by atoms with Crippen LogP contribution in [0.5, 0.6) is 5.75 Å². The van der Waals surface area contributed by atoms with E-state index in [1.807, 2.05) is 35.0 Å². The maximum Gasteiger partial charge on any atom is 0.268 e. The first kappa shape index (κ1) is 26.1. The Labute approximate surface area is 228 Å². The number of aromatic amines is 1. The van der Waals surface area contributed by atoms with Crippen LogP contribution in [0.3, 0.4) is 0 Å². The van der Waals surface area contributed by atoms with Crippen LogP contribution in [0.4, 0.5) is 0 Å². The summed E-state index contributed by atoms with van der Waals surface area (Å²) in [5.41, 5.74) is 11.1. The number of benzene rings is 1. The van der Waals surface area contributed by atoms with E-state index < -0.39 is 5.91 Å². The molecule has 0 atom stereocenters. The lowest BCUT2D eigenvalue weighted by Gasteiger charge is -2.08. The molecule has 200 valence electrons. The van der Waals surface area contributed by atoms with Crippen LogP contribution in [-0.4, -0.2) is 49.5 Å². The Morgan fingerprint density at radius 2 is 2.15 bits per heavy atom. The average Bonchev–Trinajstić information content (AvgIpc) is 3.76. The Bertz CT molecular complexity index is 1580. The minimum Gasteiger partial charge on any atom is -0.493 e. The molecule has 1 aliphatic heterocycles. The van der Waals surface area contributed by atoms with Crippen molar-refractivity contribution in [1.29, 1.82) is 0 Å². The number of aliphatic hydroxyl groups excluding tert-OH is 1. The van der Waals surface area contributed by atoms with Crippen molar-refractivity contribution in [2.45, 2.75) is 25.8 Å². The van der Waals surface area contributed by atoms with Crippen LogP contribution in [0.25, 0.3) is 16.9 Å². The minimum atomic E-state index is -0.598. The van der Waals surface area contributed by atoms with Gasteiger partial charge in [-0.25, -0.2) is 9.97 Å². The minimum absolute atomic E-state index is 0.249. The smallest absolute Gasteiger partial charge is 0.268 e. The molecule has 5 N–H and O–H groups in total. The highest BCUT2D eigenvalue weighted by Crippen LogP contribution is 2.28. The first-order valence-corrected chi connectivity index (χ1v) is 13.4. The van der Waals surface area contributed by atoms with Crippen LogP contribution >= 0.6 is 11.3 Å². The molecule has 0 aliphatic carbocycles. The second-order valence-corrected chi connectivity index (χ2v) is 9.71. The summed E-state index contributed by atoms with van der Waals surface area (Å²) in [4.78, 5) is 36.4. The standard InChI is InChI=1S/C22H18N4O3S.C6H10N2O/c23-20(27)19-18(15-6-9-30-12-15)25-21-16(2-1-7-26(19)21)22(28)24-11-13-3-4-14-5-8-29-17(14)10-13;9-3-1-2-6-4-7-5-8-6/h1-4,6-7,9-10,12H,5,8,11H2,(H2,23,27)(H,24,28);4-5,9H,1-3H2,(H,7,8). The molecule has 11 heteroatoms. The zero-order valence-electron chi connectivity index (χ0n) is 21.1. The van der Waals surface area contributed by atoms with Gasteiger partial charge in [-0.2, -0.15) is 11.3 Å². The van der Waals surface area contributed by atoms with Gasteiger partial charge in [-0.1, -0.05) is 12.1 Å². The molecule has 0 spiro atoms. The number of rotatable bonds is 8. The fourth-order valence-corrected chi connectivity index (χ4v) is 5.01. The van der Waals surface area contributed by atoms with Gasteiger partial charge in [0.1, 0.15) is 17.1 Å². The number of ether oxygens (including phenoxy) is 1. The van der Waals surface area contributed by atoms with Crippen LogP contribution in [0.2, 0.25) is 0 Å². The number of aromatic nitrogens is 4. The number of amides is 2. The summed E-state index contributed by atoms with van der Waals surface area (Å²) in [6.45, 7) is 1.30. The fraction of sp³-hybridized carbons (Fsp3) is 0.214. The number of aryl methyl sites for hydroxylation is 1. The number of pyridine rings is 1. The second-order valence-electron chi connectivity index (χ2n) is 8.93. The highest BCUT2D eigenvalue weighted by Gasteiger charge is 2.22. The van der Waals surface area contributed by atoms with E-state index in [9.17, 15) is 9.59 Å². The van der Waals surface area contributed by atoms with Crippen LogP contribution in [0, 0.1) is 0 Å². The first-order chi connectivity index (χ1) is 19.0. The molecule has 0 bridgehead atoms. The third-order valence-corrected chi connectivity index (χ3v) is 6.98. The summed E-state index contributed by atoms with van der Waals surface area (Å²) >= 11 is 1.50. The number of imidazole rings is 2. The second kappa shape index (κ2) is 11.9. The predicted octanol–water partition coefficient (Wildman–Crippen LogP) is 3.36. The van der Waals surface area contributed by atoms with Gasteiger partial charge in [0.25, 0.3) is 11.8 Å². The Morgan fingerprint density at radius 3 is 2.90 bits per heavy atom. The van der Waals surface area contributed by atoms with Crippen LogP contribution in [0.15, 0.2) is 65.9 Å². The quantitative estimate of drug-likeness (QED) is 0.235. The van der Waals surface area contributed by atoms with Gasteiger partial charge in [-0.05, 0) is 53.6 Å². The molecule has 39 heavy (non-hydrogen) atoms. The average molecular weight is 545 g/mol. The normalized spacial score (nSPS) is 11.9. The van der Waals surface area contributed by atoms with Crippen molar-refractivity contribution in [3.8, 4) is 17.0 Å². The number of hydrogen-bond acceptors (Lipinski definition) is 7. The molecule has 10 nitrogen and oxygen atoms in total. The van der Waals surface area contributed by atoms with E-state index in [0.717, 1.165) is 41.8 Å². The molecule has 0 saturated heterocycles. The number of nitrogens with two attached hydrogens (primary N) is 1. The van der Waals surface area contributed by atoms with Gasteiger partial charge in [0.05, 0.1) is 18.5 Å². The fourth-order valence-electron chi connectivity index (χ4n) is 4.37. The van der Waals surface area contributed by atoms with Crippen molar-refractivity contribution in [3.05, 3.63) is 94.0 Å². The van der Waals surface area contributed by atoms with Gasteiger partial charge in [-0.3, -0.25) is 14.0 Å². The first-order valence-electron chi connectivity index (χ1n) is 12.5. The number of H-pyrrole nitrogens is 1. The maximum absolute atomic E-state index is 12.9. The van der Waals surface area contributed by atoms with Gasteiger partial charge in [0.2, 0.25) is 0 Å². The molecule has 1 aromatic carbocycles. The summed E-state index contributed by atoms with van der Waals surface area (Å²) in [5, 5.41) is 15.2. The van der Waals surface area contributed by atoms with Gasteiger partial charge in [0.15, 0.2) is 5.65 Å². The van der Waals surface area contributed by atoms with Crippen molar-refractivity contribution in [1.82, 2.24) is 24.7 Å². The molecular weight excluding hydrogens is 516 g/mol. The number of fused-ring (bicyclic) bond motifs is 2. The number of hydrogen-bond donors (Lipinski definition) is 4. The van der Waals surface area contributed by atoms with Gasteiger partial charge >= 0.3 is 0 Å². The van der Waals surface area contributed by atoms with E-state index in [0.29, 0.717) is 30.1 Å². The van der Waals surface area contributed by atoms with Crippen LogP contribution in [0.1, 0.15) is 44.1 Å². The Kier molecular flexibility index (Phi) is 7.99. The van der Waals surface area contributed by atoms with Gasteiger partial charge < -0.3 is 25.9 Å². The van der Waals surface area contributed by atoms with E-state index >= 15 is 0 Å². The lowest BCUT2D eigenvalue weighted by molar-refractivity contribution is 0.0949. The van der Waals surface area contributed by atoms with Crippen molar-refractivity contribution >= 4 is 28.8 Å². The summed E-state index contributed by atoms with van der Waals surface area (Å²) < 4.78 is 7.17. The monoisotopic (exact) mass is 544 g/mol. The Hall–Kier alpha value is -4.48. The molecule has 0 saturated carbocycles. The third-order valence-electron chi connectivity index (χ3n) is 6.30. The molecule has 1 aliphatic rings. The molecule has 6 rings (SSSR count). The Morgan fingerprint density at radius 1 is 1.26 bits per heavy atom.